The van der Waals surface area contributed by atoms with Crippen LogP contribution in [0.1, 0.15) is 15.9 Å². The van der Waals surface area contributed by atoms with Gasteiger partial charge in [0.15, 0.2) is 0 Å². The molecule has 0 saturated heterocycles. The van der Waals surface area contributed by atoms with Gasteiger partial charge >= 0.3 is 6.18 Å². The van der Waals surface area contributed by atoms with Crippen LogP contribution in [0.2, 0.25) is 15.1 Å². The number of anilines is 1. The number of hydrogen-bond donors (Lipinski definition) is 2. The average Bonchev–Trinajstić information content (AvgIpc) is 2.53. The SMILES string of the molecule is O=C(NC(Nc1cc(C(F)(F)F)ccc1Cl)C(Cl)(Cl)Cl)c1ccc(Cl)cc1Cl. The second-order valence-corrected chi connectivity index (χ2v) is 9.03. The number of amides is 1. The van der Waals surface area contributed by atoms with Crippen LogP contribution in [0.3, 0.4) is 0 Å². The minimum Gasteiger partial charge on any atom is -0.361 e. The minimum atomic E-state index is -4.61. The Morgan fingerprint density at radius 2 is 1.57 bits per heavy atom. The van der Waals surface area contributed by atoms with E-state index in [-0.39, 0.29) is 21.3 Å². The summed E-state index contributed by atoms with van der Waals surface area (Å²) in [6.45, 7) is 0. The lowest BCUT2D eigenvalue weighted by atomic mass is 10.2. The quantitative estimate of drug-likeness (QED) is 0.334. The average molecular weight is 515 g/mol. The lowest BCUT2D eigenvalue weighted by molar-refractivity contribution is -0.137. The summed E-state index contributed by atoms with van der Waals surface area (Å²) < 4.78 is 36.7. The molecule has 2 aromatic carbocycles. The molecule has 1 amide bonds. The lowest BCUT2D eigenvalue weighted by Gasteiger charge is -2.28. The van der Waals surface area contributed by atoms with Crippen molar-refractivity contribution in [2.24, 2.45) is 0 Å². The Kier molecular flexibility index (Phi) is 7.51. The highest BCUT2D eigenvalue weighted by Gasteiger charge is 2.36. The number of halogens is 9. The first kappa shape index (κ1) is 23.5. The van der Waals surface area contributed by atoms with Crippen molar-refractivity contribution >= 4 is 81.2 Å². The maximum absolute atomic E-state index is 12.9. The smallest absolute Gasteiger partial charge is 0.361 e. The van der Waals surface area contributed by atoms with Crippen molar-refractivity contribution in [3.8, 4) is 0 Å². The number of nitrogens with one attached hydrogen (secondary N) is 2. The number of rotatable bonds is 4. The maximum Gasteiger partial charge on any atom is 0.416 e. The molecule has 0 aliphatic rings. The van der Waals surface area contributed by atoms with E-state index in [4.69, 9.17) is 69.6 Å². The Morgan fingerprint density at radius 1 is 0.929 bits per heavy atom. The molecule has 0 aromatic heterocycles. The first-order chi connectivity index (χ1) is 12.8. The third kappa shape index (κ3) is 6.12. The van der Waals surface area contributed by atoms with E-state index in [2.05, 4.69) is 10.6 Å². The van der Waals surface area contributed by atoms with E-state index in [0.717, 1.165) is 18.2 Å². The Labute approximate surface area is 188 Å². The molecule has 0 saturated carbocycles. The molecule has 0 aliphatic carbocycles. The van der Waals surface area contributed by atoms with Gasteiger partial charge in [-0.1, -0.05) is 69.6 Å². The van der Waals surface area contributed by atoms with Crippen molar-refractivity contribution in [3.05, 3.63) is 62.6 Å². The summed E-state index contributed by atoms with van der Waals surface area (Å²) in [6, 6.07) is 6.65. The molecule has 0 heterocycles. The Bertz CT molecular complexity index is 886. The molecule has 1 atom stereocenters. The normalized spacial score (nSPS) is 13.2. The summed E-state index contributed by atoms with van der Waals surface area (Å²) >= 11 is 35.3. The van der Waals surface area contributed by atoms with Crippen LogP contribution >= 0.6 is 69.6 Å². The van der Waals surface area contributed by atoms with Crippen LogP contribution in [-0.4, -0.2) is 15.9 Å². The Hall–Kier alpha value is -0.760. The van der Waals surface area contributed by atoms with Gasteiger partial charge in [-0.3, -0.25) is 4.79 Å². The summed E-state index contributed by atoms with van der Waals surface area (Å²) in [7, 11) is 0. The minimum absolute atomic E-state index is 0.0160. The fourth-order valence-electron chi connectivity index (χ4n) is 2.05. The van der Waals surface area contributed by atoms with E-state index >= 15 is 0 Å². The highest BCUT2D eigenvalue weighted by atomic mass is 35.6. The second-order valence-electron chi connectivity index (χ2n) is 5.41. The third-order valence-corrected chi connectivity index (χ3v) is 4.90. The molecule has 1 unspecified atom stereocenters. The van der Waals surface area contributed by atoms with Gasteiger partial charge in [-0.15, -0.1) is 0 Å². The maximum atomic E-state index is 12.9. The van der Waals surface area contributed by atoms with Crippen molar-refractivity contribution in [2.75, 3.05) is 5.32 Å². The standard InChI is InChI=1S/C16H9Cl6F3N2O/c17-8-2-3-9(11(19)6-8)13(28)27-14(15(20,21)22)26-12-5-7(16(23,24)25)1-4-10(12)18/h1-6,14,26H,(H,27,28). The molecule has 0 bridgehead atoms. The van der Waals surface area contributed by atoms with Crippen molar-refractivity contribution in [1.82, 2.24) is 5.32 Å². The molecule has 28 heavy (non-hydrogen) atoms. The van der Waals surface area contributed by atoms with Crippen LogP contribution in [0.15, 0.2) is 36.4 Å². The molecule has 12 heteroatoms. The van der Waals surface area contributed by atoms with Crippen molar-refractivity contribution in [3.63, 3.8) is 0 Å². The molecule has 0 spiro atoms. The zero-order valence-corrected chi connectivity index (χ0v) is 17.9. The van der Waals surface area contributed by atoms with Crippen LogP contribution in [0.4, 0.5) is 18.9 Å². The Morgan fingerprint density at radius 3 is 2.11 bits per heavy atom. The highest BCUT2D eigenvalue weighted by Crippen LogP contribution is 2.37. The fourth-order valence-corrected chi connectivity index (χ4v) is 3.04. The molecular formula is C16H9Cl6F3N2O. The number of carbonyl (C=O) groups excluding carboxylic acids is 1. The predicted octanol–water partition coefficient (Wildman–Crippen LogP) is 7.20. The first-order valence-electron chi connectivity index (χ1n) is 7.25. The summed E-state index contributed by atoms with van der Waals surface area (Å²) in [6.07, 6.45) is -6.06. The van der Waals surface area contributed by atoms with E-state index in [1.807, 2.05) is 0 Å². The van der Waals surface area contributed by atoms with Crippen LogP contribution < -0.4 is 10.6 Å². The molecule has 0 radical (unpaired) electrons. The second kappa shape index (κ2) is 8.94. The largest absolute Gasteiger partial charge is 0.416 e. The summed E-state index contributed by atoms with van der Waals surface area (Å²) in [5.74, 6) is -0.756. The molecule has 0 aliphatic heterocycles. The number of hydrogen-bond acceptors (Lipinski definition) is 2. The molecule has 152 valence electrons. The zero-order valence-electron chi connectivity index (χ0n) is 13.4. The van der Waals surface area contributed by atoms with Gasteiger partial charge in [0, 0.05) is 5.02 Å². The molecule has 2 aromatic rings. The van der Waals surface area contributed by atoms with Gasteiger partial charge in [0.05, 0.1) is 26.9 Å². The number of benzene rings is 2. The topological polar surface area (TPSA) is 41.1 Å². The molecule has 3 nitrogen and oxygen atoms in total. The van der Waals surface area contributed by atoms with Gasteiger partial charge in [-0.2, -0.15) is 13.2 Å². The first-order valence-corrected chi connectivity index (χ1v) is 9.51. The van der Waals surface area contributed by atoms with Crippen LogP contribution in [0.25, 0.3) is 0 Å². The van der Waals surface area contributed by atoms with Crippen molar-refractivity contribution in [2.45, 2.75) is 16.1 Å². The summed E-state index contributed by atoms with van der Waals surface area (Å²) in [5, 5.41) is 5.11. The van der Waals surface area contributed by atoms with E-state index in [0.29, 0.717) is 5.02 Å². The van der Waals surface area contributed by atoms with Gasteiger partial charge in [0.25, 0.3) is 5.91 Å². The van der Waals surface area contributed by atoms with E-state index < -0.39 is 27.6 Å². The number of alkyl halides is 6. The van der Waals surface area contributed by atoms with Gasteiger partial charge < -0.3 is 10.6 Å². The van der Waals surface area contributed by atoms with Crippen LogP contribution in [0.5, 0.6) is 0 Å². The van der Waals surface area contributed by atoms with E-state index in [1.165, 1.54) is 18.2 Å². The zero-order chi connectivity index (χ0) is 21.3. The molecule has 2 rings (SSSR count). The molecular weight excluding hydrogens is 506 g/mol. The van der Waals surface area contributed by atoms with Gasteiger partial charge in [-0.25, -0.2) is 0 Å². The molecule has 2 N–H and O–H groups in total. The number of carbonyl (C=O) groups is 1. The summed E-state index contributed by atoms with van der Waals surface area (Å²) in [5.41, 5.74) is -1.16. The molecule has 0 fully saturated rings. The van der Waals surface area contributed by atoms with Crippen LogP contribution in [-0.2, 0) is 6.18 Å². The van der Waals surface area contributed by atoms with E-state index in [9.17, 15) is 18.0 Å². The predicted molar refractivity (Wildman–Crippen MR) is 108 cm³/mol. The van der Waals surface area contributed by atoms with Gasteiger partial charge in [0.1, 0.15) is 6.17 Å². The van der Waals surface area contributed by atoms with Gasteiger partial charge in [0.2, 0.25) is 3.79 Å². The van der Waals surface area contributed by atoms with Crippen LogP contribution in [0, 0.1) is 0 Å². The monoisotopic (exact) mass is 512 g/mol. The van der Waals surface area contributed by atoms with Gasteiger partial charge in [-0.05, 0) is 36.4 Å². The Balaban J connectivity index is 2.32. The lowest BCUT2D eigenvalue weighted by Crippen LogP contribution is -2.49. The van der Waals surface area contributed by atoms with Crippen molar-refractivity contribution < 1.29 is 18.0 Å². The highest BCUT2D eigenvalue weighted by molar-refractivity contribution is 6.68. The summed E-state index contributed by atoms with van der Waals surface area (Å²) in [4.78, 5) is 12.5. The third-order valence-electron chi connectivity index (χ3n) is 3.37. The van der Waals surface area contributed by atoms with Crippen molar-refractivity contribution in [1.29, 1.82) is 0 Å². The fraction of sp³-hybridized carbons (Fsp3) is 0.188. The van der Waals surface area contributed by atoms with E-state index in [1.54, 1.807) is 0 Å².